The van der Waals surface area contributed by atoms with Crippen molar-refractivity contribution in [1.82, 2.24) is 19.8 Å². The number of carbonyl (C=O) groups excluding carboxylic acids is 2. The molecule has 2 N–H and O–H groups in total. The minimum Gasteiger partial charge on any atom is -0.491 e. The fraction of sp³-hybridized carbons (Fsp3) is 0.486. The number of benzene rings is 2. The SMILES string of the molecule is O=C(C=CCN1CCN(CC(=O)OCC2CCCCC2)CC1)Nc1cc2c(Nc3ccc(F)c(Cl)c3)ncnc2cc1OCC1CC1. The number of anilines is 3. The maximum absolute atomic E-state index is 13.7. The molecular formula is C35H42ClFN6O4. The second kappa shape index (κ2) is 15.9. The molecule has 10 nitrogen and oxygen atoms in total. The molecule has 0 unspecified atom stereocenters. The molecule has 3 aromatic rings. The van der Waals surface area contributed by atoms with Gasteiger partial charge in [0.15, 0.2) is 0 Å². The van der Waals surface area contributed by atoms with Gasteiger partial charge in [0.05, 0.1) is 36.0 Å². The first-order valence-corrected chi connectivity index (χ1v) is 17.0. The summed E-state index contributed by atoms with van der Waals surface area (Å²) >= 11 is 5.98. The molecule has 2 saturated carbocycles. The molecule has 0 atom stereocenters. The van der Waals surface area contributed by atoms with Gasteiger partial charge in [-0.2, -0.15) is 0 Å². The maximum Gasteiger partial charge on any atom is 0.320 e. The third kappa shape index (κ3) is 9.62. The van der Waals surface area contributed by atoms with E-state index in [9.17, 15) is 14.0 Å². The largest absolute Gasteiger partial charge is 0.491 e. The van der Waals surface area contributed by atoms with Crippen molar-refractivity contribution in [3.8, 4) is 5.75 Å². The van der Waals surface area contributed by atoms with E-state index in [1.807, 2.05) is 6.08 Å². The Balaban J connectivity index is 1.03. The summed E-state index contributed by atoms with van der Waals surface area (Å²) in [6.45, 7) is 5.24. The quantitative estimate of drug-likeness (QED) is 0.163. The van der Waals surface area contributed by atoms with Crippen molar-refractivity contribution in [2.45, 2.75) is 44.9 Å². The Morgan fingerprint density at radius 3 is 2.49 bits per heavy atom. The number of esters is 1. The summed E-state index contributed by atoms with van der Waals surface area (Å²) in [5.41, 5.74) is 1.70. The summed E-state index contributed by atoms with van der Waals surface area (Å²) in [7, 11) is 0. The topological polar surface area (TPSA) is 109 Å². The van der Waals surface area contributed by atoms with Crippen LogP contribution in [0.5, 0.6) is 5.75 Å². The minimum absolute atomic E-state index is 0.00417. The van der Waals surface area contributed by atoms with Crippen LogP contribution in [0, 0.1) is 17.7 Å². The van der Waals surface area contributed by atoms with Crippen molar-refractivity contribution in [2.75, 3.05) is 63.1 Å². The number of nitrogens with one attached hydrogen (secondary N) is 2. The monoisotopic (exact) mass is 664 g/mol. The van der Waals surface area contributed by atoms with Crippen molar-refractivity contribution in [2.24, 2.45) is 11.8 Å². The number of rotatable bonds is 13. The molecular weight excluding hydrogens is 623 g/mol. The lowest BCUT2D eigenvalue weighted by atomic mass is 9.90. The number of aromatic nitrogens is 2. The fourth-order valence-corrected chi connectivity index (χ4v) is 6.19. The number of fused-ring (bicyclic) bond motifs is 1. The van der Waals surface area contributed by atoms with Crippen LogP contribution in [-0.4, -0.2) is 84.1 Å². The van der Waals surface area contributed by atoms with Gasteiger partial charge in [0.25, 0.3) is 0 Å². The molecule has 250 valence electrons. The van der Waals surface area contributed by atoms with Crippen LogP contribution in [0.2, 0.25) is 5.02 Å². The molecule has 0 radical (unpaired) electrons. The van der Waals surface area contributed by atoms with Crippen molar-refractivity contribution in [3.05, 3.63) is 59.7 Å². The lowest BCUT2D eigenvalue weighted by Crippen LogP contribution is -2.48. The predicted octanol–water partition coefficient (Wildman–Crippen LogP) is 6.19. The average molecular weight is 665 g/mol. The fourth-order valence-electron chi connectivity index (χ4n) is 6.01. The molecule has 1 aromatic heterocycles. The number of nitrogens with zero attached hydrogens (tertiary/aromatic N) is 4. The van der Waals surface area contributed by atoms with E-state index in [-0.39, 0.29) is 16.9 Å². The number of piperazine rings is 1. The molecule has 2 aromatic carbocycles. The molecule has 3 fully saturated rings. The molecule has 1 amide bonds. The van der Waals surface area contributed by atoms with Gasteiger partial charge >= 0.3 is 5.97 Å². The first-order chi connectivity index (χ1) is 22.9. The lowest BCUT2D eigenvalue weighted by Gasteiger charge is -2.33. The van der Waals surface area contributed by atoms with E-state index in [2.05, 4.69) is 30.4 Å². The molecule has 1 saturated heterocycles. The second-order valence-corrected chi connectivity index (χ2v) is 13.2. The summed E-state index contributed by atoms with van der Waals surface area (Å²) in [6, 6.07) is 7.93. The van der Waals surface area contributed by atoms with Crippen molar-refractivity contribution in [3.63, 3.8) is 0 Å². The molecule has 12 heteroatoms. The third-order valence-corrected chi connectivity index (χ3v) is 9.29. The van der Waals surface area contributed by atoms with E-state index >= 15 is 0 Å². The van der Waals surface area contributed by atoms with Crippen molar-refractivity contribution >= 4 is 51.6 Å². The highest BCUT2D eigenvalue weighted by molar-refractivity contribution is 6.31. The first-order valence-electron chi connectivity index (χ1n) is 16.6. The number of hydrogen-bond donors (Lipinski definition) is 2. The molecule has 0 bridgehead atoms. The van der Waals surface area contributed by atoms with Crippen LogP contribution in [0.1, 0.15) is 44.9 Å². The molecule has 47 heavy (non-hydrogen) atoms. The molecule has 0 spiro atoms. The Bertz CT molecular complexity index is 1590. The molecule has 3 aliphatic rings. The highest BCUT2D eigenvalue weighted by Gasteiger charge is 2.24. The average Bonchev–Trinajstić information content (AvgIpc) is 3.91. The first kappa shape index (κ1) is 33.1. The third-order valence-electron chi connectivity index (χ3n) is 9.00. The highest BCUT2D eigenvalue weighted by atomic mass is 35.5. The standard InChI is InChI=1S/C35H42ClFN6O4/c36-28-17-26(10-11-29(28)37)40-35-27-18-31(32(46-21-25-8-9-25)19-30(27)38-23-39-35)41-33(44)7-4-12-42-13-15-43(16-14-42)20-34(45)47-22-24-5-2-1-3-6-24/h4,7,10-11,17-19,23-25H,1-3,5-6,8-9,12-16,20-22H2,(H,41,44)(H,38,39,40). The minimum atomic E-state index is -0.510. The van der Waals surface area contributed by atoms with Crippen LogP contribution in [0.3, 0.4) is 0 Å². The van der Waals surface area contributed by atoms with E-state index in [0.29, 0.717) is 72.0 Å². The summed E-state index contributed by atoms with van der Waals surface area (Å²) in [5, 5.41) is 6.80. The Hall–Kier alpha value is -3.80. The van der Waals surface area contributed by atoms with Crippen molar-refractivity contribution < 1.29 is 23.5 Å². The van der Waals surface area contributed by atoms with Crippen LogP contribution in [0.4, 0.5) is 21.6 Å². The Kier molecular flexibility index (Phi) is 11.2. The smallest absolute Gasteiger partial charge is 0.320 e. The number of ether oxygens (including phenoxy) is 2. The lowest BCUT2D eigenvalue weighted by molar-refractivity contribution is -0.147. The second-order valence-electron chi connectivity index (χ2n) is 12.8. The van der Waals surface area contributed by atoms with Crippen LogP contribution >= 0.6 is 11.6 Å². The van der Waals surface area contributed by atoms with E-state index in [1.54, 1.807) is 18.2 Å². The number of hydrogen-bond acceptors (Lipinski definition) is 9. The highest BCUT2D eigenvalue weighted by Crippen LogP contribution is 2.36. The zero-order chi connectivity index (χ0) is 32.6. The van der Waals surface area contributed by atoms with Crippen LogP contribution < -0.4 is 15.4 Å². The number of carbonyl (C=O) groups is 2. The van der Waals surface area contributed by atoms with Gasteiger partial charge in [-0.25, -0.2) is 14.4 Å². The molecule has 6 rings (SSSR count). The van der Waals surface area contributed by atoms with E-state index < -0.39 is 5.82 Å². The predicted molar refractivity (Wildman–Crippen MR) is 181 cm³/mol. The van der Waals surface area contributed by atoms with E-state index in [0.717, 1.165) is 51.9 Å². The molecule has 1 aliphatic heterocycles. The van der Waals surface area contributed by atoms with E-state index in [4.69, 9.17) is 21.1 Å². The zero-order valence-electron chi connectivity index (χ0n) is 26.6. The van der Waals surface area contributed by atoms with Gasteiger partial charge in [-0.3, -0.25) is 19.4 Å². The van der Waals surface area contributed by atoms with Gasteiger partial charge in [-0.05, 0) is 61.8 Å². The van der Waals surface area contributed by atoms with Gasteiger partial charge in [0.2, 0.25) is 5.91 Å². The normalized spacial score (nSPS) is 18.0. The Morgan fingerprint density at radius 1 is 0.957 bits per heavy atom. The Labute approximate surface area is 279 Å². The van der Waals surface area contributed by atoms with Crippen LogP contribution in [-0.2, 0) is 14.3 Å². The Morgan fingerprint density at radius 2 is 1.72 bits per heavy atom. The van der Waals surface area contributed by atoms with Crippen LogP contribution in [0.25, 0.3) is 10.9 Å². The number of halogens is 2. The van der Waals surface area contributed by atoms with Crippen molar-refractivity contribution in [1.29, 1.82) is 0 Å². The summed E-state index contributed by atoms with van der Waals surface area (Å²) in [5.74, 6) is 1.13. The van der Waals surface area contributed by atoms with Gasteiger partial charge in [-0.1, -0.05) is 36.9 Å². The summed E-state index contributed by atoms with van der Waals surface area (Å²) in [6.07, 6.45) is 13.2. The number of amides is 1. The summed E-state index contributed by atoms with van der Waals surface area (Å²) in [4.78, 5) is 38.6. The van der Waals surface area contributed by atoms with Crippen LogP contribution in [0.15, 0.2) is 48.8 Å². The van der Waals surface area contributed by atoms with Gasteiger partial charge in [0, 0.05) is 55.9 Å². The maximum atomic E-state index is 13.7. The molecule has 2 heterocycles. The summed E-state index contributed by atoms with van der Waals surface area (Å²) < 4.78 is 25.4. The van der Waals surface area contributed by atoms with E-state index in [1.165, 1.54) is 43.8 Å². The van der Waals surface area contributed by atoms with Gasteiger partial charge in [0.1, 0.15) is 23.7 Å². The van der Waals surface area contributed by atoms with Gasteiger partial charge < -0.3 is 20.1 Å². The van der Waals surface area contributed by atoms with Gasteiger partial charge in [-0.15, -0.1) is 0 Å². The molecule has 2 aliphatic carbocycles. The zero-order valence-corrected chi connectivity index (χ0v) is 27.3.